The van der Waals surface area contributed by atoms with Crippen molar-refractivity contribution in [3.8, 4) is 5.75 Å². The molecule has 5 amide bonds. The lowest BCUT2D eigenvalue weighted by atomic mass is 9.81. The molecule has 0 spiro atoms. The fourth-order valence-corrected chi connectivity index (χ4v) is 4.44. The number of hydrogen-bond donors (Lipinski definition) is 5. The van der Waals surface area contributed by atoms with Crippen molar-refractivity contribution in [1.29, 1.82) is 0 Å². The first-order valence-electron chi connectivity index (χ1n) is 12.5. The molecule has 1 aliphatic rings. The number of aryl methyl sites for hydroxylation is 1. The minimum atomic E-state index is -1.59. The van der Waals surface area contributed by atoms with Gasteiger partial charge < -0.3 is 35.5 Å². The van der Waals surface area contributed by atoms with Gasteiger partial charge in [0.2, 0.25) is 17.7 Å². The molecular formula is C27H32N5O8-. The zero-order valence-electron chi connectivity index (χ0n) is 22.4. The Balaban J connectivity index is 1.57. The van der Waals surface area contributed by atoms with Crippen LogP contribution in [-0.2, 0) is 31.2 Å². The van der Waals surface area contributed by atoms with Gasteiger partial charge in [-0.2, -0.15) is 0 Å². The van der Waals surface area contributed by atoms with Gasteiger partial charge in [-0.1, -0.05) is 18.2 Å². The monoisotopic (exact) mass is 554 g/mol. The first-order chi connectivity index (χ1) is 18.9. The summed E-state index contributed by atoms with van der Waals surface area (Å²) in [7, 11) is 0. The molecule has 3 rings (SSSR count). The molecule has 5 N–H and O–H groups in total. The third-order valence-corrected chi connectivity index (χ3v) is 6.70. The number of benzene rings is 2. The first-order valence-corrected chi connectivity index (χ1v) is 12.5. The number of carbonyl (C=O) groups excluding carboxylic acids is 5. The van der Waals surface area contributed by atoms with E-state index >= 15 is 0 Å². The molecule has 2 aromatic carbocycles. The number of rotatable bonds is 11. The van der Waals surface area contributed by atoms with Crippen LogP contribution in [0.5, 0.6) is 5.75 Å². The van der Waals surface area contributed by atoms with Crippen LogP contribution in [0, 0.1) is 6.92 Å². The van der Waals surface area contributed by atoms with E-state index in [1.165, 1.54) is 4.90 Å². The van der Waals surface area contributed by atoms with Crippen molar-refractivity contribution in [3.63, 3.8) is 0 Å². The predicted molar refractivity (Wildman–Crippen MR) is 140 cm³/mol. The maximum atomic E-state index is 13.1. The van der Waals surface area contributed by atoms with Crippen LogP contribution in [-0.4, -0.2) is 65.5 Å². The Bertz CT molecular complexity index is 1280. The van der Waals surface area contributed by atoms with Gasteiger partial charge in [0.05, 0.1) is 18.5 Å². The first kappa shape index (κ1) is 29.9. The molecule has 2 unspecified atom stereocenters. The molecule has 1 saturated heterocycles. The lowest BCUT2D eigenvalue weighted by Crippen LogP contribution is -2.47. The predicted octanol–water partition coefficient (Wildman–Crippen LogP) is -0.0545. The van der Waals surface area contributed by atoms with Crippen LogP contribution in [0.2, 0.25) is 0 Å². The van der Waals surface area contributed by atoms with E-state index < -0.39 is 41.8 Å². The van der Waals surface area contributed by atoms with E-state index in [9.17, 15) is 29.1 Å². The van der Waals surface area contributed by atoms with Gasteiger partial charge in [-0.25, -0.2) is 5.48 Å². The largest absolute Gasteiger partial charge is 0.530 e. The Morgan fingerprint density at radius 2 is 1.75 bits per heavy atom. The number of nitrogens with one attached hydrogen (secondary N) is 4. The van der Waals surface area contributed by atoms with Crippen molar-refractivity contribution in [2.75, 3.05) is 25.0 Å². The van der Waals surface area contributed by atoms with Crippen molar-refractivity contribution in [2.45, 2.75) is 45.3 Å². The second-order valence-electron chi connectivity index (χ2n) is 9.72. The summed E-state index contributed by atoms with van der Waals surface area (Å²) in [6, 6.07) is 11.7. The van der Waals surface area contributed by atoms with E-state index in [1.54, 1.807) is 42.0 Å². The number of amides is 5. The minimum Gasteiger partial charge on any atom is -0.530 e. The fraction of sp³-hybridized carbons (Fsp3) is 0.370. The number of likely N-dealkylation sites (tertiary alicyclic amines) is 1. The van der Waals surface area contributed by atoms with Gasteiger partial charge in [-0.15, -0.1) is 0 Å². The molecule has 0 radical (unpaired) electrons. The number of hydroxylamine groups is 1. The summed E-state index contributed by atoms with van der Waals surface area (Å²) in [6.45, 7) is 4.98. The maximum absolute atomic E-state index is 13.1. The number of carbonyl (C=O) groups is 5. The van der Waals surface area contributed by atoms with E-state index in [0.29, 0.717) is 24.4 Å². The molecule has 1 aliphatic heterocycles. The fourth-order valence-electron chi connectivity index (χ4n) is 4.44. The van der Waals surface area contributed by atoms with E-state index in [0.717, 1.165) is 16.7 Å². The van der Waals surface area contributed by atoms with Crippen LogP contribution in [0.1, 0.15) is 37.0 Å². The Morgan fingerprint density at radius 3 is 2.40 bits per heavy atom. The van der Waals surface area contributed by atoms with Crippen molar-refractivity contribution < 1.29 is 39.0 Å². The Kier molecular flexibility index (Phi) is 9.67. The summed E-state index contributed by atoms with van der Waals surface area (Å²) in [5.74, 6) is -1.43. The summed E-state index contributed by atoms with van der Waals surface area (Å²) >= 11 is 0. The molecule has 1 fully saturated rings. The molecular weight excluding hydrogens is 522 g/mol. The number of nitrogens with zero attached hydrogens (tertiary/aromatic N) is 1. The second kappa shape index (κ2) is 12.9. The van der Waals surface area contributed by atoms with Gasteiger partial charge in [0.1, 0.15) is 24.5 Å². The molecule has 0 aromatic heterocycles. The van der Waals surface area contributed by atoms with Crippen LogP contribution >= 0.6 is 0 Å². The van der Waals surface area contributed by atoms with Crippen LogP contribution in [0.4, 0.5) is 10.5 Å². The zero-order chi connectivity index (χ0) is 29.4. The van der Waals surface area contributed by atoms with Crippen LogP contribution in [0.3, 0.4) is 0 Å². The van der Waals surface area contributed by atoms with Crippen molar-refractivity contribution >= 4 is 35.4 Å². The van der Waals surface area contributed by atoms with Crippen molar-refractivity contribution in [2.24, 2.45) is 0 Å². The van der Waals surface area contributed by atoms with Gasteiger partial charge in [0.15, 0.2) is 0 Å². The Labute approximate surface area is 230 Å². The van der Waals surface area contributed by atoms with Gasteiger partial charge >= 0.3 is 0 Å². The molecule has 214 valence electrons. The van der Waals surface area contributed by atoms with Crippen LogP contribution in [0.25, 0.3) is 0 Å². The average Bonchev–Trinajstić information content (AvgIpc) is 3.23. The van der Waals surface area contributed by atoms with Gasteiger partial charge in [-0.05, 0) is 68.1 Å². The number of hydrogen-bond acceptors (Lipinski definition) is 8. The third kappa shape index (κ3) is 7.47. The summed E-state index contributed by atoms with van der Waals surface area (Å²) < 4.78 is 5.91. The summed E-state index contributed by atoms with van der Waals surface area (Å²) in [5, 5.41) is 26.0. The highest BCUT2D eigenvalue weighted by molar-refractivity contribution is 5.95. The van der Waals surface area contributed by atoms with Crippen LogP contribution < -0.4 is 31.3 Å². The highest BCUT2D eigenvalue weighted by Gasteiger charge is 2.46. The average molecular weight is 555 g/mol. The van der Waals surface area contributed by atoms with E-state index in [1.807, 2.05) is 32.0 Å². The molecule has 40 heavy (non-hydrogen) atoms. The number of anilines is 1. The standard InChI is InChI=1S/C27H33N5O8/c1-16-10-18(12-20(11-16)30-23(34)14-28-22(33)13-29-26(37)38)15-40-21-6-4-19(5-7-21)27(3)8-9-32(25(27)36)17(2)24(35)31-39/h4-7,10-12,17,29,39H,8-9,13-15H2,1-3H3,(H,28,33)(H,30,34)(H,31,35)(H,37,38)/p-1. The Morgan fingerprint density at radius 1 is 1.07 bits per heavy atom. The molecule has 2 aromatic rings. The lowest BCUT2D eigenvalue weighted by molar-refractivity contribution is -0.250. The molecule has 0 saturated carbocycles. The maximum Gasteiger partial charge on any atom is 0.265 e. The molecule has 1 heterocycles. The lowest BCUT2D eigenvalue weighted by Gasteiger charge is -2.27. The van der Waals surface area contributed by atoms with Crippen molar-refractivity contribution in [1.82, 2.24) is 21.0 Å². The van der Waals surface area contributed by atoms with Gasteiger partial charge in [0.25, 0.3) is 5.91 Å². The van der Waals surface area contributed by atoms with E-state index in [-0.39, 0.29) is 19.1 Å². The summed E-state index contributed by atoms with van der Waals surface area (Å²) in [4.78, 5) is 60.4. The number of carboxylic acid groups (broad SMARTS) is 1. The zero-order valence-corrected chi connectivity index (χ0v) is 22.4. The smallest absolute Gasteiger partial charge is 0.265 e. The highest BCUT2D eigenvalue weighted by atomic mass is 16.5. The van der Waals surface area contributed by atoms with Crippen LogP contribution in [0.15, 0.2) is 42.5 Å². The summed E-state index contributed by atoms with van der Waals surface area (Å²) in [6.07, 6.45) is -1.07. The molecule has 0 aliphatic carbocycles. The number of ether oxygens (including phenoxy) is 1. The van der Waals surface area contributed by atoms with Crippen molar-refractivity contribution in [3.05, 3.63) is 59.2 Å². The van der Waals surface area contributed by atoms with Gasteiger partial charge in [0, 0.05) is 12.2 Å². The topological polar surface area (TPSA) is 189 Å². The Hall–Kier alpha value is -4.65. The molecule has 13 nitrogen and oxygen atoms in total. The minimum absolute atomic E-state index is 0.194. The molecule has 2 atom stereocenters. The van der Waals surface area contributed by atoms with E-state index in [2.05, 4.69) is 10.6 Å². The SMILES string of the molecule is Cc1cc(COc2ccc(C3(C)CCN(C(C)C(=O)NO)C3=O)cc2)cc(NC(=O)CNC(=O)CNC(=O)[O-])c1. The molecule has 0 bridgehead atoms. The van der Waals surface area contributed by atoms with Gasteiger partial charge in [-0.3, -0.25) is 24.4 Å². The second-order valence-corrected chi connectivity index (χ2v) is 9.72. The normalized spacial score (nSPS) is 17.1. The summed E-state index contributed by atoms with van der Waals surface area (Å²) in [5.41, 5.74) is 3.72. The van der Waals surface area contributed by atoms with E-state index in [4.69, 9.17) is 9.94 Å². The highest BCUT2D eigenvalue weighted by Crippen LogP contribution is 2.37. The third-order valence-electron chi connectivity index (χ3n) is 6.70. The quantitative estimate of drug-likeness (QED) is 0.189. The molecule has 13 heteroatoms.